The van der Waals surface area contributed by atoms with Crippen LogP contribution in [0.2, 0.25) is 0 Å². The van der Waals surface area contributed by atoms with Crippen molar-refractivity contribution >= 4 is 12.0 Å². The van der Waals surface area contributed by atoms with Gasteiger partial charge in [0.05, 0.1) is 6.61 Å². The Morgan fingerprint density at radius 3 is 2.56 bits per heavy atom. The molecular weight excluding hydrogens is 318 g/mol. The number of piperazine rings is 1. The highest BCUT2D eigenvalue weighted by atomic mass is 16.6. The van der Waals surface area contributed by atoms with E-state index in [4.69, 9.17) is 4.74 Å². The van der Waals surface area contributed by atoms with Gasteiger partial charge in [0, 0.05) is 50.9 Å². The summed E-state index contributed by atoms with van der Waals surface area (Å²) >= 11 is 0. The first-order valence-electron chi connectivity index (χ1n) is 9.83. The van der Waals surface area contributed by atoms with Crippen LogP contribution in [0.15, 0.2) is 11.6 Å². The Kier molecular flexibility index (Phi) is 6.34. The first kappa shape index (κ1) is 18.2. The SMILES string of the molecule is CCOC(=O)N1CCN(C2CCCN(C(=O)C3=CCCCC3)C2)CC1. The first-order valence-corrected chi connectivity index (χ1v) is 9.83. The molecule has 2 amide bonds. The van der Waals surface area contributed by atoms with Gasteiger partial charge in [0.15, 0.2) is 0 Å². The summed E-state index contributed by atoms with van der Waals surface area (Å²) in [4.78, 5) is 30.9. The fourth-order valence-corrected chi connectivity index (χ4v) is 4.16. The summed E-state index contributed by atoms with van der Waals surface area (Å²) in [6.07, 6.45) is 8.51. The van der Waals surface area contributed by atoms with Crippen molar-refractivity contribution in [3.05, 3.63) is 11.6 Å². The predicted molar refractivity (Wildman–Crippen MR) is 96.3 cm³/mol. The molecule has 2 fully saturated rings. The molecule has 1 unspecified atom stereocenters. The molecular formula is C19H31N3O3. The molecule has 3 aliphatic rings. The Labute approximate surface area is 150 Å². The van der Waals surface area contributed by atoms with E-state index in [0.29, 0.717) is 25.7 Å². The van der Waals surface area contributed by atoms with Gasteiger partial charge in [-0.15, -0.1) is 0 Å². The van der Waals surface area contributed by atoms with E-state index in [1.165, 1.54) is 6.42 Å². The van der Waals surface area contributed by atoms with E-state index >= 15 is 0 Å². The Balaban J connectivity index is 1.51. The van der Waals surface area contributed by atoms with Gasteiger partial charge in [-0.2, -0.15) is 0 Å². The average molecular weight is 349 g/mol. The van der Waals surface area contributed by atoms with Crippen molar-refractivity contribution in [2.45, 2.75) is 51.5 Å². The van der Waals surface area contributed by atoms with E-state index in [-0.39, 0.29) is 12.0 Å². The molecule has 0 N–H and O–H groups in total. The van der Waals surface area contributed by atoms with Crippen molar-refractivity contribution in [2.75, 3.05) is 45.9 Å². The van der Waals surface area contributed by atoms with Gasteiger partial charge >= 0.3 is 6.09 Å². The van der Waals surface area contributed by atoms with Crippen molar-refractivity contribution in [3.8, 4) is 0 Å². The van der Waals surface area contributed by atoms with Crippen LogP contribution in [-0.2, 0) is 9.53 Å². The van der Waals surface area contributed by atoms with Crippen molar-refractivity contribution in [1.29, 1.82) is 0 Å². The lowest BCUT2D eigenvalue weighted by Crippen LogP contribution is -2.56. The number of piperidine rings is 1. The minimum Gasteiger partial charge on any atom is -0.450 e. The molecule has 0 aromatic carbocycles. The van der Waals surface area contributed by atoms with Gasteiger partial charge in [0.1, 0.15) is 0 Å². The number of carbonyl (C=O) groups is 2. The number of amides is 2. The Morgan fingerprint density at radius 2 is 1.88 bits per heavy atom. The molecule has 0 aromatic rings. The smallest absolute Gasteiger partial charge is 0.409 e. The van der Waals surface area contributed by atoms with E-state index in [1.807, 2.05) is 6.92 Å². The molecule has 6 nitrogen and oxygen atoms in total. The molecule has 2 heterocycles. The molecule has 2 saturated heterocycles. The van der Waals surface area contributed by atoms with Gasteiger partial charge in [-0.3, -0.25) is 9.69 Å². The lowest BCUT2D eigenvalue weighted by atomic mass is 9.96. The predicted octanol–water partition coefficient (Wildman–Crippen LogP) is 2.25. The minimum absolute atomic E-state index is 0.202. The highest BCUT2D eigenvalue weighted by molar-refractivity contribution is 5.93. The average Bonchev–Trinajstić information content (AvgIpc) is 2.68. The van der Waals surface area contributed by atoms with Gasteiger partial charge in [-0.25, -0.2) is 4.79 Å². The number of hydrogen-bond acceptors (Lipinski definition) is 4. The van der Waals surface area contributed by atoms with Crippen LogP contribution in [0.3, 0.4) is 0 Å². The Hall–Kier alpha value is -1.56. The number of likely N-dealkylation sites (tertiary alicyclic amines) is 1. The molecule has 2 aliphatic heterocycles. The summed E-state index contributed by atoms with van der Waals surface area (Å²) in [5.74, 6) is 0.259. The van der Waals surface area contributed by atoms with Crippen molar-refractivity contribution in [3.63, 3.8) is 0 Å². The van der Waals surface area contributed by atoms with Crippen LogP contribution in [0.1, 0.15) is 45.4 Å². The molecule has 0 aromatic heterocycles. The van der Waals surface area contributed by atoms with Crippen molar-refractivity contribution < 1.29 is 14.3 Å². The molecule has 1 aliphatic carbocycles. The number of rotatable bonds is 3. The normalized spacial score (nSPS) is 25.5. The standard InChI is InChI=1S/C19H31N3O3/c1-2-25-19(24)21-13-11-20(12-14-21)17-9-6-10-22(15-17)18(23)16-7-4-3-5-8-16/h7,17H,2-6,8-15H2,1H3. The first-order chi connectivity index (χ1) is 12.2. The highest BCUT2D eigenvalue weighted by Crippen LogP contribution is 2.23. The van der Waals surface area contributed by atoms with Crippen LogP contribution in [0.4, 0.5) is 4.79 Å². The van der Waals surface area contributed by atoms with Crippen LogP contribution in [0, 0.1) is 0 Å². The summed E-state index contributed by atoms with van der Waals surface area (Å²) in [5.41, 5.74) is 1.03. The monoisotopic (exact) mass is 349 g/mol. The van der Waals surface area contributed by atoms with Gasteiger partial charge in [-0.05, 0) is 45.4 Å². The molecule has 0 radical (unpaired) electrons. The maximum atomic E-state index is 12.8. The zero-order valence-electron chi connectivity index (χ0n) is 15.4. The van der Waals surface area contributed by atoms with E-state index in [9.17, 15) is 9.59 Å². The topological polar surface area (TPSA) is 53.1 Å². The summed E-state index contributed by atoms with van der Waals surface area (Å²) in [6.45, 7) is 7.15. The zero-order chi connectivity index (χ0) is 17.6. The summed E-state index contributed by atoms with van der Waals surface area (Å²) in [5, 5.41) is 0. The molecule has 0 spiro atoms. The van der Waals surface area contributed by atoms with Crippen LogP contribution >= 0.6 is 0 Å². The third-order valence-corrected chi connectivity index (χ3v) is 5.61. The van der Waals surface area contributed by atoms with Crippen molar-refractivity contribution in [1.82, 2.24) is 14.7 Å². The molecule has 0 bridgehead atoms. The van der Waals surface area contributed by atoms with Crippen LogP contribution < -0.4 is 0 Å². The minimum atomic E-state index is -0.202. The number of allylic oxidation sites excluding steroid dienone is 1. The summed E-state index contributed by atoms with van der Waals surface area (Å²) in [6, 6.07) is 0.422. The molecule has 140 valence electrons. The maximum Gasteiger partial charge on any atom is 0.409 e. The van der Waals surface area contributed by atoms with Crippen LogP contribution in [0.5, 0.6) is 0 Å². The fourth-order valence-electron chi connectivity index (χ4n) is 4.16. The third kappa shape index (κ3) is 4.54. The zero-order valence-corrected chi connectivity index (χ0v) is 15.4. The van der Waals surface area contributed by atoms with Crippen molar-refractivity contribution in [2.24, 2.45) is 0 Å². The van der Waals surface area contributed by atoms with Gasteiger partial charge < -0.3 is 14.5 Å². The number of carbonyl (C=O) groups excluding carboxylic acids is 2. The highest BCUT2D eigenvalue weighted by Gasteiger charge is 2.32. The Bertz CT molecular complexity index is 512. The maximum absolute atomic E-state index is 12.8. The number of nitrogens with zero attached hydrogens (tertiary/aromatic N) is 3. The quantitative estimate of drug-likeness (QED) is 0.784. The second-order valence-corrected chi connectivity index (χ2v) is 7.24. The molecule has 25 heavy (non-hydrogen) atoms. The van der Waals surface area contributed by atoms with Gasteiger partial charge in [-0.1, -0.05) is 6.08 Å². The van der Waals surface area contributed by atoms with E-state index in [2.05, 4.69) is 15.9 Å². The second-order valence-electron chi connectivity index (χ2n) is 7.24. The van der Waals surface area contributed by atoms with E-state index in [1.54, 1.807) is 4.90 Å². The molecule has 1 atom stereocenters. The largest absolute Gasteiger partial charge is 0.450 e. The van der Waals surface area contributed by atoms with Gasteiger partial charge in [0.2, 0.25) is 5.91 Å². The molecule has 3 rings (SSSR count). The fraction of sp³-hybridized carbons (Fsp3) is 0.789. The second kappa shape index (κ2) is 8.70. The summed E-state index contributed by atoms with van der Waals surface area (Å²) < 4.78 is 5.09. The number of hydrogen-bond donors (Lipinski definition) is 0. The van der Waals surface area contributed by atoms with Gasteiger partial charge in [0.25, 0.3) is 0 Å². The Morgan fingerprint density at radius 1 is 1.08 bits per heavy atom. The molecule has 6 heteroatoms. The lowest BCUT2D eigenvalue weighted by molar-refractivity contribution is -0.129. The lowest BCUT2D eigenvalue weighted by Gasteiger charge is -2.43. The van der Waals surface area contributed by atoms with Crippen LogP contribution in [-0.4, -0.2) is 78.6 Å². The van der Waals surface area contributed by atoms with E-state index < -0.39 is 0 Å². The molecule has 0 saturated carbocycles. The van der Waals surface area contributed by atoms with Crippen LogP contribution in [0.25, 0.3) is 0 Å². The third-order valence-electron chi connectivity index (χ3n) is 5.61. The van der Waals surface area contributed by atoms with E-state index in [0.717, 1.165) is 63.9 Å². The number of ether oxygens (including phenoxy) is 1. The summed E-state index contributed by atoms with van der Waals surface area (Å²) in [7, 11) is 0.